The number of hydrogen-bond acceptors (Lipinski definition) is 4. The molecule has 0 saturated carbocycles. The van der Waals surface area contributed by atoms with Gasteiger partial charge in [-0.3, -0.25) is 14.4 Å². The minimum absolute atomic E-state index is 0.236. The standard InChI is InChI=1S/C23H16Cl2N2O3/c24-15-11-12-18(17(25)13-15)26-22(28)19-20(14-7-3-1-4-8-14)27(30-21(19)23(26)29)16-9-5-2-6-10-16/h1-13,19-21H/t19-,20+,21+/m0/s1. The fraction of sp³-hybridized carbons (Fsp3) is 0.130. The summed E-state index contributed by atoms with van der Waals surface area (Å²) in [5, 5.41) is 2.33. The van der Waals surface area contributed by atoms with E-state index in [2.05, 4.69) is 0 Å². The number of imide groups is 1. The maximum absolute atomic E-state index is 13.5. The summed E-state index contributed by atoms with van der Waals surface area (Å²) in [6.07, 6.45) is -0.936. The van der Waals surface area contributed by atoms with Crippen LogP contribution in [0.15, 0.2) is 78.9 Å². The van der Waals surface area contributed by atoms with Gasteiger partial charge in [0, 0.05) is 5.02 Å². The molecule has 3 aromatic rings. The number of carbonyl (C=O) groups is 2. The van der Waals surface area contributed by atoms with E-state index in [1.54, 1.807) is 17.2 Å². The molecule has 3 atom stereocenters. The van der Waals surface area contributed by atoms with E-state index < -0.39 is 24.0 Å². The third-order valence-corrected chi connectivity index (χ3v) is 5.96. The summed E-state index contributed by atoms with van der Waals surface area (Å²) in [5.41, 5.74) is 1.98. The van der Waals surface area contributed by atoms with Gasteiger partial charge in [-0.25, -0.2) is 9.96 Å². The van der Waals surface area contributed by atoms with E-state index in [0.29, 0.717) is 10.7 Å². The monoisotopic (exact) mass is 438 g/mol. The van der Waals surface area contributed by atoms with Crippen LogP contribution in [0.25, 0.3) is 0 Å². The van der Waals surface area contributed by atoms with Crippen molar-refractivity contribution in [1.82, 2.24) is 0 Å². The van der Waals surface area contributed by atoms with E-state index in [-0.39, 0.29) is 10.9 Å². The largest absolute Gasteiger partial charge is 0.273 e. The summed E-state index contributed by atoms with van der Waals surface area (Å²) in [6.45, 7) is 0. The fourth-order valence-corrected chi connectivity index (χ4v) is 4.60. The number of amides is 2. The van der Waals surface area contributed by atoms with Crippen LogP contribution in [0.4, 0.5) is 11.4 Å². The molecule has 7 heteroatoms. The molecule has 2 fully saturated rings. The van der Waals surface area contributed by atoms with Crippen molar-refractivity contribution < 1.29 is 14.4 Å². The Morgan fingerprint density at radius 3 is 2.13 bits per heavy atom. The van der Waals surface area contributed by atoms with Crippen LogP contribution in [0.3, 0.4) is 0 Å². The second-order valence-corrected chi connectivity index (χ2v) is 8.02. The van der Waals surface area contributed by atoms with Gasteiger partial charge < -0.3 is 0 Å². The van der Waals surface area contributed by atoms with Crippen LogP contribution >= 0.6 is 23.2 Å². The van der Waals surface area contributed by atoms with Crippen molar-refractivity contribution in [2.24, 2.45) is 5.92 Å². The topological polar surface area (TPSA) is 49.9 Å². The molecule has 0 spiro atoms. The lowest BCUT2D eigenvalue weighted by Crippen LogP contribution is -2.37. The zero-order chi connectivity index (χ0) is 20.8. The van der Waals surface area contributed by atoms with E-state index in [1.807, 2.05) is 60.7 Å². The van der Waals surface area contributed by atoms with Gasteiger partial charge in [0.15, 0.2) is 6.10 Å². The molecule has 3 aromatic carbocycles. The van der Waals surface area contributed by atoms with Crippen molar-refractivity contribution in [3.8, 4) is 0 Å². The Labute approximate surface area is 183 Å². The first-order valence-electron chi connectivity index (χ1n) is 9.45. The number of fused-ring (bicyclic) bond motifs is 1. The van der Waals surface area contributed by atoms with Gasteiger partial charge in [-0.15, -0.1) is 0 Å². The number of para-hydroxylation sites is 1. The van der Waals surface area contributed by atoms with Crippen LogP contribution in [-0.4, -0.2) is 17.9 Å². The highest BCUT2D eigenvalue weighted by molar-refractivity contribution is 6.38. The Hall–Kier alpha value is -2.86. The molecule has 30 heavy (non-hydrogen) atoms. The Bertz CT molecular complexity index is 1120. The number of hydroxylamine groups is 1. The zero-order valence-corrected chi connectivity index (χ0v) is 17.1. The number of rotatable bonds is 3. The van der Waals surface area contributed by atoms with Gasteiger partial charge in [0.1, 0.15) is 5.92 Å². The summed E-state index contributed by atoms with van der Waals surface area (Å²) < 4.78 is 0. The number of carbonyl (C=O) groups excluding carboxylic acids is 2. The fourth-order valence-electron chi connectivity index (χ4n) is 4.10. The highest BCUT2D eigenvalue weighted by Crippen LogP contribution is 2.48. The Morgan fingerprint density at radius 2 is 1.47 bits per heavy atom. The number of benzene rings is 3. The maximum atomic E-state index is 13.5. The van der Waals surface area contributed by atoms with Gasteiger partial charge in [0.25, 0.3) is 5.91 Å². The maximum Gasteiger partial charge on any atom is 0.266 e. The molecule has 2 aliphatic heterocycles. The number of anilines is 2. The second-order valence-electron chi connectivity index (χ2n) is 7.18. The predicted octanol–water partition coefficient (Wildman–Crippen LogP) is 5.04. The molecule has 0 bridgehead atoms. The number of nitrogens with zero attached hydrogens (tertiary/aromatic N) is 2. The van der Waals surface area contributed by atoms with Crippen molar-refractivity contribution >= 4 is 46.4 Å². The van der Waals surface area contributed by atoms with E-state index >= 15 is 0 Å². The normalized spacial score (nSPS) is 23.2. The van der Waals surface area contributed by atoms with Crippen LogP contribution in [0.2, 0.25) is 10.0 Å². The summed E-state index contributed by atoms with van der Waals surface area (Å²) in [5.74, 6) is -1.48. The average Bonchev–Trinajstić information content (AvgIpc) is 3.26. The Balaban J connectivity index is 1.59. The van der Waals surface area contributed by atoms with Gasteiger partial charge in [-0.05, 0) is 35.9 Å². The quantitative estimate of drug-likeness (QED) is 0.537. The van der Waals surface area contributed by atoms with Gasteiger partial charge >= 0.3 is 0 Å². The lowest BCUT2D eigenvalue weighted by molar-refractivity contribution is -0.126. The minimum atomic E-state index is -0.936. The number of hydrogen-bond donors (Lipinski definition) is 0. The van der Waals surface area contributed by atoms with Crippen molar-refractivity contribution in [1.29, 1.82) is 0 Å². The number of halogens is 2. The molecule has 5 rings (SSSR count). The lowest BCUT2D eigenvalue weighted by Gasteiger charge is -2.28. The SMILES string of the molecule is O=C1[C@H]2[C@@H](c3ccccc3)N(c3ccccc3)O[C@H]2C(=O)N1c1ccc(Cl)cc1Cl. The average molecular weight is 439 g/mol. The first-order valence-corrected chi connectivity index (χ1v) is 10.2. The van der Waals surface area contributed by atoms with Gasteiger partial charge in [-0.2, -0.15) is 0 Å². The molecule has 0 aliphatic carbocycles. The third-order valence-electron chi connectivity index (χ3n) is 5.42. The van der Waals surface area contributed by atoms with Crippen LogP contribution in [0.1, 0.15) is 11.6 Å². The van der Waals surface area contributed by atoms with E-state index in [4.69, 9.17) is 28.0 Å². The van der Waals surface area contributed by atoms with Crippen molar-refractivity contribution in [3.63, 3.8) is 0 Å². The van der Waals surface area contributed by atoms with E-state index in [1.165, 1.54) is 6.07 Å². The summed E-state index contributed by atoms with van der Waals surface area (Å²) >= 11 is 12.3. The first kappa shape index (κ1) is 19.1. The molecule has 0 radical (unpaired) electrons. The summed E-state index contributed by atoms with van der Waals surface area (Å²) in [7, 11) is 0. The van der Waals surface area contributed by atoms with Crippen LogP contribution in [0.5, 0.6) is 0 Å². The molecule has 5 nitrogen and oxygen atoms in total. The van der Waals surface area contributed by atoms with Crippen LogP contribution in [-0.2, 0) is 14.4 Å². The highest BCUT2D eigenvalue weighted by Gasteiger charge is 2.60. The second kappa shape index (κ2) is 7.43. The van der Waals surface area contributed by atoms with E-state index in [0.717, 1.165) is 16.2 Å². The zero-order valence-electron chi connectivity index (χ0n) is 15.6. The molecule has 0 aromatic heterocycles. The molecule has 150 valence electrons. The first-order chi connectivity index (χ1) is 14.6. The van der Waals surface area contributed by atoms with E-state index in [9.17, 15) is 9.59 Å². The smallest absolute Gasteiger partial charge is 0.266 e. The van der Waals surface area contributed by atoms with Crippen molar-refractivity contribution in [3.05, 3.63) is 94.5 Å². The molecule has 2 amide bonds. The molecule has 2 heterocycles. The Kier molecular flexibility index (Phi) is 4.74. The molecule has 2 aliphatic rings. The summed E-state index contributed by atoms with van der Waals surface area (Å²) in [6, 6.07) is 23.3. The molecule has 0 N–H and O–H groups in total. The highest BCUT2D eigenvalue weighted by atomic mass is 35.5. The molecular weight excluding hydrogens is 423 g/mol. The predicted molar refractivity (Wildman–Crippen MR) is 115 cm³/mol. The Morgan fingerprint density at radius 1 is 0.800 bits per heavy atom. The lowest BCUT2D eigenvalue weighted by atomic mass is 9.90. The molecular formula is C23H16Cl2N2O3. The van der Waals surface area contributed by atoms with Crippen molar-refractivity contribution in [2.75, 3.05) is 9.96 Å². The van der Waals surface area contributed by atoms with Crippen molar-refractivity contribution in [2.45, 2.75) is 12.1 Å². The van der Waals surface area contributed by atoms with Crippen LogP contribution < -0.4 is 9.96 Å². The van der Waals surface area contributed by atoms with Crippen LogP contribution in [0, 0.1) is 5.92 Å². The summed E-state index contributed by atoms with van der Waals surface area (Å²) in [4.78, 5) is 34.0. The van der Waals surface area contributed by atoms with Gasteiger partial charge in [0.05, 0.1) is 22.4 Å². The van der Waals surface area contributed by atoms with Gasteiger partial charge in [0.2, 0.25) is 5.91 Å². The minimum Gasteiger partial charge on any atom is -0.273 e. The molecule has 2 saturated heterocycles. The third kappa shape index (κ3) is 2.98. The van der Waals surface area contributed by atoms with Gasteiger partial charge in [-0.1, -0.05) is 71.7 Å². The molecule has 0 unspecified atom stereocenters.